The predicted octanol–water partition coefficient (Wildman–Crippen LogP) is 0.995. The Kier molecular flexibility index (Phi) is 5.71. The van der Waals surface area contributed by atoms with Gasteiger partial charge in [0, 0.05) is 32.8 Å². The van der Waals surface area contributed by atoms with Crippen molar-refractivity contribution >= 4 is 0 Å². The Bertz CT molecular complexity index is 200. The van der Waals surface area contributed by atoms with E-state index in [4.69, 9.17) is 15.2 Å². The van der Waals surface area contributed by atoms with E-state index in [0.29, 0.717) is 12.2 Å². The molecular weight excluding hydrogens is 216 g/mol. The SMILES string of the molecule is NCCCOC1CCN(CC2CCCO2)CC1. The Hall–Kier alpha value is -0.160. The maximum Gasteiger partial charge on any atom is 0.0702 e. The van der Waals surface area contributed by atoms with Crippen molar-refractivity contribution in [1.29, 1.82) is 0 Å². The molecule has 0 aromatic heterocycles. The molecule has 2 aliphatic heterocycles. The zero-order valence-electron chi connectivity index (χ0n) is 10.8. The highest BCUT2D eigenvalue weighted by Gasteiger charge is 2.23. The van der Waals surface area contributed by atoms with Crippen molar-refractivity contribution in [2.45, 2.75) is 44.3 Å². The number of likely N-dealkylation sites (tertiary alicyclic amines) is 1. The van der Waals surface area contributed by atoms with Gasteiger partial charge in [0.25, 0.3) is 0 Å². The van der Waals surface area contributed by atoms with Crippen LogP contribution in [0.2, 0.25) is 0 Å². The molecule has 0 bridgehead atoms. The van der Waals surface area contributed by atoms with Crippen LogP contribution in [-0.4, -0.2) is 56.5 Å². The average Bonchev–Trinajstić information content (AvgIpc) is 2.85. The first-order valence-electron chi connectivity index (χ1n) is 7.04. The maximum atomic E-state index is 5.80. The molecule has 0 saturated carbocycles. The standard InChI is InChI=1S/C13H26N2O2/c14-6-2-10-16-12-4-7-15(8-5-12)11-13-3-1-9-17-13/h12-13H,1-11,14H2. The molecule has 0 aromatic carbocycles. The van der Waals surface area contributed by atoms with E-state index in [-0.39, 0.29) is 0 Å². The van der Waals surface area contributed by atoms with Crippen LogP contribution in [-0.2, 0) is 9.47 Å². The quantitative estimate of drug-likeness (QED) is 0.706. The van der Waals surface area contributed by atoms with Gasteiger partial charge < -0.3 is 20.1 Å². The zero-order chi connectivity index (χ0) is 11.9. The van der Waals surface area contributed by atoms with Crippen LogP contribution in [0.4, 0.5) is 0 Å². The molecular formula is C13H26N2O2. The Labute approximate surface area is 104 Å². The molecule has 100 valence electrons. The van der Waals surface area contributed by atoms with Gasteiger partial charge in [-0.1, -0.05) is 0 Å². The summed E-state index contributed by atoms with van der Waals surface area (Å²) in [5.74, 6) is 0. The van der Waals surface area contributed by atoms with Crippen LogP contribution in [0.25, 0.3) is 0 Å². The van der Waals surface area contributed by atoms with Crippen molar-refractivity contribution in [2.75, 3.05) is 39.4 Å². The molecule has 0 aliphatic carbocycles. The molecule has 2 rings (SSSR count). The van der Waals surface area contributed by atoms with Crippen LogP contribution in [0.1, 0.15) is 32.1 Å². The fourth-order valence-electron chi connectivity index (χ4n) is 2.67. The summed E-state index contributed by atoms with van der Waals surface area (Å²) < 4.78 is 11.5. The number of rotatable bonds is 6. The lowest BCUT2D eigenvalue weighted by Crippen LogP contribution is -2.41. The molecule has 2 N–H and O–H groups in total. The summed E-state index contributed by atoms with van der Waals surface area (Å²) in [5.41, 5.74) is 5.46. The summed E-state index contributed by atoms with van der Waals surface area (Å²) in [6, 6.07) is 0. The van der Waals surface area contributed by atoms with E-state index < -0.39 is 0 Å². The van der Waals surface area contributed by atoms with Crippen LogP contribution in [0, 0.1) is 0 Å². The summed E-state index contributed by atoms with van der Waals surface area (Å²) in [4.78, 5) is 2.53. The van der Waals surface area contributed by atoms with Crippen LogP contribution in [0.15, 0.2) is 0 Å². The van der Waals surface area contributed by atoms with Gasteiger partial charge >= 0.3 is 0 Å². The molecule has 0 aromatic rings. The lowest BCUT2D eigenvalue weighted by molar-refractivity contribution is -0.00548. The van der Waals surface area contributed by atoms with Gasteiger partial charge in [-0.15, -0.1) is 0 Å². The second-order valence-corrected chi connectivity index (χ2v) is 5.15. The largest absolute Gasteiger partial charge is 0.378 e. The molecule has 4 heteroatoms. The van der Waals surface area contributed by atoms with Crippen LogP contribution in [0.3, 0.4) is 0 Å². The molecule has 2 heterocycles. The smallest absolute Gasteiger partial charge is 0.0702 e. The first-order valence-corrected chi connectivity index (χ1v) is 7.04. The third-order valence-electron chi connectivity index (χ3n) is 3.72. The topological polar surface area (TPSA) is 47.7 Å². The first-order chi connectivity index (χ1) is 8.38. The van der Waals surface area contributed by atoms with Crippen molar-refractivity contribution in [3.05, 3.63) is 0 Å². The van der Waals surface area contributed by atoms with E-state index in [2.05, 4.69) is 4.90 Å². The minimum Gasteiger partial charge on any atom is -0.378 e. The van der Waals surface area contributed by atoms with Gasteiger partial charge in [-0.2, -0.15) is 0 Å². The predicted molar refractivity (Wildman–Crippen MR) is 68.1 cm³/mol. The molecule has 2 fully saturated rings. The third kappa shape index (κ3) is 4.54. The first kappa shape index (κ1) is 13.3. The van der Waals surface area contributed by atoms with E-state index >= 15 is 0 Å². The summed E-state index contributed by atoms with van der Waals surface area (Å²) in [5, 5.41) is 0. The summed E-state index contributed by atoms with van der Waals surface area (Å²) >= 11 is 0. The van der Waals surface area contributed by atoms with Crippen LogP contribution in [0.5, 0.6) is 0 Å². The molecule has 1 atom stereocenters. The van der Waals surface area contributed by atoms with Crippen molar-refractivity contribution < 1.29 is 9.47 Å². The van der Waals surface area contributed by atoms with Crippen LogP contribution >= 0.6 is 0 Å². The Morgan fingerprint density at radius 2 is 2.06 bits per heavy atom. The third-order valence-corrected chi connectivity index (χ3v) is 3.72. The van der Waals surface area contributed by atoms with Crippen molar-refractivity contribution in [1.82, 2.24) is 4.90 Å². The van der Waals surface area contributed by atoms with Gasteiger partial charge in [0.1, 0.15) is 0 Å². The number of ether oxygens (including phenoxy) is 2. The van der Waals surface area contributed by atoms with Crippen LogP contribution < -0.4 is 5.73 Å². The average molecular weight is 242 g/mol. The lowest BCUT2D eigenvalue weighted by Gasteiger charge is -2.33. The Balaban J connectivity index is 1.57. The van der Waals surface area contributed by atoms with E-state index in [0.717, 1.165) is 58.7 Å². The molecule has 4 nitrogen and oxygen atoms in total. The lowest BCUT2D eigenvalue weighted by atomic mass is 10.1. The number of hydrogen-bond donors (Lipinski definition) is 1. The van der Waals surface area contributed by atoms with Gasteiger partial charge in [0.15, 0.2) is 0 Å². The Morgan fingerprint density at radius 3 is 2.71 bits per heavy atom. The molecule has 2 saturated heterocycles. The van der Waals surface area contributed by atoms with Crippen molar-refractivity contribution in [3.63, 3.8) is 0 Å². The zero-order valence-corrected chi connectivity index (χ0v) is 10.8. The highest BCUT2D eigenvalue weighted by Crippen LogP contribution is 2.18. The monoisotopic (exact) mass is 242 g/mol. The number of hydrogen-bond acceptors (Lipinski definition) is 4. The summed E-state index contributed by atoms with van der Waals surface area (Å²) in [6.07, 6.45) is 6.74. The van der Waals surface area contributed by atoms with E-state index in [1.54, 1.807) is 0 Å². The van der Waals surface area contributed by atoms with Crippen molar-refractivity contribution in [3.8, 4) is 0 Å². The Morgan fingerprint density at radius 1 is 1.24 bits per heavy atom. The van der Waals surface area contributed by atoms with E-state index in [9.17, 15) is 0 Å². The molecule has 0 radical (unpaired) electrons. The molecule has 1 unspecified atom stereocenters. The molecule has 0 amide bonds. The number of piperidine rings is 1. The van der Waals surface area contributed by atoms with Gasteiger partial charge in [-0.25, -0.2) is 0 Å². The second-order valence-electron chi connectivity index (χ2n) is 5.15. The van der Waals surface area contributed by atoms with Gasteiger partial charge in [-0.3, -0.25) is 0 Å². The van der Waals surface area contributed by atoms with Crippen molar-refractivity contribution in [2.24, 2.45) is 5.73 Å². The van der Waals surface area contributed by atoms with Gasteiger partial charge in [0.05, 0.1) is 12.2 Å². The minimum atomic E-state index is 0.460. The maximum absolute atomic E-state index is 5.80. The fourth-order valence-corrected chi connectivity index (χ4v) is 2.67. The normalized spacial score (nSPS) is 27.7. The summed E-state index contributed by atoms with van der Waals surface area (Å²) in [7, 11) is 0. The second kappa shape index (κ2) is 7.31. The highest BCUT2D eigenvalue weighted by atomic mass is 16.5. The minimum absolute atomic E-state index is 0.460. The van der Waals surface area contributed by atoms with Gasteiger partial charge in [-0.05, 0) is 38.6 Å². The molecule has 0 spiro atoms. The summed E-state index contributed by atoms with van der Waals surface area (Å²) in [6.45, 7) is 5.96. The fraction of sp³-hybridized carbons (Fsp3) is 1.00. The van der Waals surface area contributed by atoms with E-state index in [1.807, 2.05) is 0 Å². The molecule has 17 heavy (non-hydrogen) atoms. The number of nitrogens with two attached hydrogens (primary N) is 1. The molecule has 2 aliphatic rings. The van der Waals surface area contributed by atoms with Gasteiger partial charge in [0.2, 0.25) is 0 Å². The van der Waals surface area contributed by atoms with E-state index in [1.165, 1.54) is 12.8 Å². The number of nitrogens with zero attached hydrogens (tertiary/aromatic N) is 1. The highest BCUT2D eigenvalue weighted by molar-refractivity contribution is 4.76.